The average Bonchev–Trinajstić information content (AvgIpc) is 3.34. The second-order valence-corrected chi connectivity index (χ2v) is 6.76. The number of carbonyl (C=O) groups is 1. The number of urea groups is 1. The van der Waals surface area contributed by atoms with Gasteiger partial charge in [-0.2, -0.15) is 13.2 Å². The lowest BCUT2D eigenvalue weighted by Crippen LogP contribution is -2.19. The fourth-order valence-electron chi connectivity index (χ4n) is 2.66. The molecule has 0 spiro atoms. The third-order valence-electron chi connectivity index (χ3n) is 3.89. The number of aromatic amines is 1. The number of H-pyrrole nitrogens is 1. The van der Waals surface area contributed by atoms with E-state index in [1.165, 1.54) is 5.51 Å². The van der Waals surface area contributed by atoms with Crippen LogP contribution < -0.4 is 15.4 Å². The van der Waals surface area contributed by atoms with Gasteiger partial charge in [-0.3, -0.25) is 5.32 Å². The molecule has 4 aromatic rings. The molecule has 0 fully saturated rings. The Hall–Kier alpha value is -3.81. The third kappa shape index (κ3) is 4.23. The van der Waals surface area contributed by atoms with Gasteiger partial charge in [0.2, 0.25) is 5.13 Å². The van der Waals surface area contributed by atoms with E-state index < -0.39 is 46.3 Å². The molecule has 2 amide bonds. The van der Waals surface area contributed by atoms with Gasteiger partial charge in [0.15, 0.2) is 17.4 Å². The maximum absolute atomic E-state index is 14.5. The summed E-state index contributed by atoms with van der Waals surface area (Å²) in [4.78, 5) is 17.9. The molecule has 0 aliphatic carbocycles. The van der Waals surface area contributed by atoms with E-state index in [0.717, 1.165) is 35.7 Å². The molecular formula is C17H9F5N6O2S. The largest absolute Gasteiger partial charge is 0.450 e. The molecule has 0 aliphatic heterocycles. The lowest BCUT2D eigenvalue weighted by molar-refractivity contribution is -0.136. The van der Waals surface area contributed by atoms with Crippen LogP contribution in [0.15, 0.2) is 36.1 Å². The van der Waals surface area contributed by atoms with Crippen LogP contribution in [0.5, 0.6) is 11.5 Å². The number of nitrogens with zero attached hydrogens (tertiary/aromatic N) is 3. The highest BCUT2D eigenvalue weighted by molar-refractivity contribution is 7.13. The number of amides is 2. The molecule has 0 atom stereocenters. The fourth-order valence-corrected chi connectivity index (χ4v) is 3.10. The van der Waals surface area contributed by atoms with Gasteiger partial charge in [0.1, 0.15) is 16.9 Å². The summed E-state index contributed by atoms with van der Waals surface area (Å²) in [6.07, 6.45) is -2.94. The maximum Gasteiger partial charge on any atom is 0.418 e. The highest BCUT2D eigenvalue weighted by Crippen LogP contribution is 2.40. The predicted octanol–water partition coefficient (Wildman–Crippen LogP) is 5.15. The summed E-state index contributed by atoms with van der Waals surface area (Å²) in [5.41, 5.74) is -0.163. The molecule has 0 saturated carbocycles. The minimum Gasteiger partial charge on any atom is -0.450 e. The number of aromatic nitrogens is 4. The molecule has 0 unspecified atom stereocenters. The van der Waals surface area contributed by atoms with E-state index in [0.29, 0.717) is 6.20 Å². The summed E-state index contributed by atoms with van der Waals surface area (Å²) in [5, 5.41) is 11.3. The molecule has 3 heterocycles. The lowest BCUT2D eigenvalue weighted by Gasteiger charge is -2.12. The van der Waals surface area contributed by atoms with Gasteiger partial charge in [-0.1, -0.05) is 11.3 Å². The van der Waals surface area contributed by atoms with Crippen LogP contribution in [0.1, 0.15) is 5.56 Å². The summed E-state index contributed by atoms with van der Waals surface area (Å²) in [5.74, 6) is -3.90. The number of anilines is 2. The third-order valence-corrected chi connectivity index (χ3v) is 4.50. The minimum absolute atomic E-state index is 0.159. The fraction of sp³-hybridized carbons (Fsp3) is 0.0588. The van der Waals surface area contributed by atoms with Crippen LogP contribution in [0, 0.1) is 11.6 Å². The molecule has 0 saturated heterocycles. The van der Waals surface area contributed by atoms with Crippen molar-refractivity contribution in [3.63, 3.8) is 0 Å². The smallest absolute Gasteiger partial charge is 0.418 e. The Kier molecular flexibility index (Phi) is 5.14. The molecule has 14 heteroatoms. The van der Waals surface area contributed by atoms with Crippen molar-refractivity contribution < 1.29 is 31.5 Å². The van der Waals surface area contributed by atoms with Gasteiger partial charge in [0.05, 0.1) is 10.9 Å². The Morgan fingerprint density at radius 3 is 2.55 bits per heavy atom. The highest BCUT2D eigenvalue weighted by Gasteiger charge is 2.35. The normalized spacial score (nSPS) is 11.5. The van der Waals surface area contributed by atoms with Crippen molar-refractivity contribution >= 4 is 39.2 Å². The number of hydrogen-bond acceptors (Lipinski definition) is 6. The summed E-state index contributed by atoms with van der Waals surface area (Å²) >= 11 is 1.03. The van der Waals surface area contributed by atoms with Gasteiger partial charge in [0.25, 0.3) is 0 Å². The van der Waals surface area contributed by atoms with E-state index in [2.05, 4.69) is 30.8 Å². The number of rotatable bonds is 4. The number of fused-ring (bicyclic) bond motifs is 1. The predicted molar refractivity (Wildman–Crippen MR) is 100 cm³/mol. The molecule has 31 heavy (non-hydrogen) atoms. The van der Waals surface area contributed by atoms with Crippen LogP contribution in [-0.2, 0) is 6.18 Å². The zero-order chi connectivity index (χ0) is 22.2. The van der Waals surface area contributed by atoms with E-state index in [4.69, 9.17) is 4.74 Å². The molecule has 1 aromatic carbocycles. The number of hydrogen-bond donors (Lipinski definition) is 3. The van der Waals surface area contributed by atoms with E-state index in [9.17, 15) is 26.7 Å². The number of pyridine rings is 1. The highest BCUT2D eigenvalue weighted by atomic mass is 32.1. The molecule has 0 aliphatic rings. The van der Waals surface area contributed by atoms with Crippen LogP contribution in [-0.4, -0.2) is 26.2 Å². The first kappa shape index (κ1) is 20.5. The first-order valence-corrected chi connectivity index (χ1v) is 9.14. The summed E-state index contributed by atoms with van der Waals surface area (Å²) in [6, 6.07) is 1.71. The summed E-state index contributed by atoms with van der Waals surface area (Å²) in [7, 11) is 0. The Bertz CT molecular complexity index is 1230. The number of carbonyl (C=O) groups excluding carboxylic acids is 1. The van der Waals surface area contributed by atoms with Crippen LogP contribution in [0.3, 0.4) is 0 Å². The molecule has 8 nitrogen and oxygen atoms in total. The second kappa shape index (κ2) is 7.79. The van der Waals surface area contributed by atoms with Crippen molar-refractivity contribution in [3.05, 3.63) is 53.3 Å². The molecule has 0 radical (unpaired) electrons. The van der Waals surface area contributed by atoms with Gasteiger partial charge >= 0.3 is 12.2 Å². The van der Waals surface area contributed by atoms with Crippen LogP contribution in [0.25, 0.3) is 11.0 Å². The van der Waals surface area contributed by atoms with Crippen molar-refractivity contribution in [3.8, 4) is 11.5 Å². The maximum atomic E-state index is 14.5. The first-order chi connectivity index (χ1) is 14.7. The summed E-state index contributed by atoms with van der Waals surface area (Å²) in [6.45, 7) is 0. The molecule has 160 valence electrons. The van der Waals surface area contributed by atoms with E-state index in [-0.39, 0.29) is 16.5 Å². The number of alkyl halides is 3. The second-order valence-electron chi connectivity index (χ2n) is 5.93. The van der Waals surface area contributed by atoms with Gasteiger partial charge < -0.3 is 15.0 Å². The monoisotopic (exact) mass is 456 g/mol. The van der Waals surface area contributed by atoms with Crippen LogP contribution in [0.4, 0.5) is 37.6 Å². The van der Waals surface area contributed by atoms with Crippen LogP contribution >= 0.6 is 11.3 Å². The number of ether oxygens (including phenoxy) is 1. The van der Waals surface area contributed by atoms with Crippen molar-refractivity contribution in [2.75, 3.05) is 10.6 Å². The van der Waals surface area contributed by atoms with Crippen molar-refractivity contribution in [2.45, 2.75) is 6.18 Å². The van der Waals surface area contributed by atoms with E-state index in [1.807, 2.05) is 0 Å². The van der Waals surface area contributed by atoms with Crippen LogP contribution in [0.2, 0.25) is 0 Å². The van der Waals surface area contributed by atoms with Crippen molar-refractivity contribution in [1.29, 1.82) is 0 Å². The van der Waals surface area contributed by atoms with E-state index in [1.54, 1.807) is 0 Å². The van der Waals surface area contributed by atoms with Gasteiger partial charge in [-0.05, 0) is 6.07 Å². The van der Waals surface area contributed by atoms with Crippen molar-refractivity contribution in [2.24, 2.45) is 0 Å². The number of nitrogens with one attached hydrogen (secondary N) is 3. The van der Waals surface area contributed by atoms with Gasteiger partial charge in [-0.15, -0.1) is 10.2 Å². The van der Waals surface area contributed by atoms with Gasteiger partial charge in [0, 0.05) is 30.2 Å². The SMILES string of the molecule is O=C(Nc1cc(F)c(Oc2ccnc3[nH]cc(C(F)(F)F)c23)c(F)c1)Nc1nncs1. The minimum atomic E-state index is -4.75. The Morgan fingerprint density at radius 2 is 1.90 bits per heavy atom. The van der Waals surface area contributed by atoms with Crippen molar-refractivity contribution in [1.82, 2.24) is 20.2 Å². The quantitative estimate of drug-likeness (QED) is 0.369. The molecule has 4 rings (SSSR count). The zero-order valence-electron chi connectivity index (χ0n) is 14.9. The summed E-state index contributed by atoms with van der Waals surface area (Å²) < 4.78 is 73.8. The molecular weight excluding hydrogens is 447 g/mol. The number of halogens is 5. The molecule has 3 N–H and O–H groups in total. The lowest BCUT2D eigenvalue weighted by atomic mass is 10.2. The van der Waals surface area contributed by atoms with Gasteiger partial charge in [-0.25, -0.2) is 18.6 Å². The first-order valence-electron chi connectivity index (χ1n) is 8.26. The Labute approximate surface area is 173 Å². The zero-order valence-corrected chi connectivity index (χ0v) is 15.7. The molecule has 0 bridgehead atoms. The average molecular weight is 456 g/mol. The number of benzene rings is 1. The standard InChI is InChI=1S/C17H9F5N6O2S/c18-9-3-7(26-15(29)27-16-28-25-6-31-16)4-10(19)13(9)30-11-1-2-23-14-12(11)8(5-24-14)17(20,21)22/h1-6H,(H,23,24)(H2,26,27,28,29). The Morgan fingerprint density at radius 1 is 1.16 bits per heavy atom. The van der Waals surface area contributed by atoms with E-state index >= 15 is 0 Å². The Balaban J connectivity index is 1.61. The molecule has 3 aromatic heterocycles. The topological polar surface area (TPSA) is 105 Å².